The van der Waals surface area contributed by atoms with Gasteiger partial charge in [-0.15, -0.1) is 0 Å². The molecule has 41 heavy (non-hydrogen) atoms. The van der Waals surface area contributed by atoms with Gasteiger partial charge in [-0.05, 0) is 30.2 Å². The van der Waals surface area contributed by atoms with E-state index in [1.165, 1.54) is 6.20 Å². The molecule has 1 amide bonds. The van der Waals surface area contributed by atoms with Gasteiger partial charge in [0, 0.05) is 57.9 Å². The van der Waals surface area contributed by atoms with Crippen LogP contribution in [0, 0.1) is 11.3 Å². The summed E-state index contributed by atoms with van der Waals surface area (Å²) in [4.78, 5) is 34.9. The first-order valence-electron chi connectivity index (χ1n) is 13.3. The third-order valence-electron chi connectivity index (χ3n) is 7.59. The van der Waals surface area contributed by atoms with Gasteiger partial charge in [0.25, 0.3) is 5.56 Å². The lowest BCUT2D eigenvalue weighted by Gasteiger charge is -2.36. The molecule has 5 rings (SSSR count). The predicted octanol–water partition coefficient (Wildman–Crippen LogP) is 2.83. The molecule has 1 saturated heterocycles. The van der Waals surface area contributed by atoms with Crippen LogP contribution in [0.25, 0.3) is 0 Å². The number of aromatic amines is 1. The van der Waals surface area contributed by atoms with E-state index in [9.17, 15) is 22.8 Å². The number of hydrogen-bond acceptors (Lipinski definition) is 8. The van der Waals surface area contributed by atoms with Crippen molar-refractivity contribution in [2.24, 2.45) is 0 Å². The monoisotopic (exact) mass is 566 g/mol. The van der Waals surface area contributed by atoms with Crippen molar-refractivity contribution in [3.8, 4) is 6.07 Å². The molecule has 1 fully saturated rings. The smallest absolute Gasteiger partial charge is 0.357 e. The summed E-state index contributed by atoms with van der Waals surface area (Å²) in [6.07, 6.45) is -2.05. The summed E-state index contributed by atoms with van der Waals surface area (Å²) in [5.74, 6) is 0.747. The molecule has 2 N–H and O–H groups in total. The highest BCUT2D eigenvalue weighted by molar-refractivity contribution is 5.76. The molecule has 13 heteroatoms. The highest BCUT2D eigenvalue weighted by Gasteiger charge is 2.43. The lowest BCUT2D eigenvalue weighted by Crippen LogP contribution is -2.49. The van der Waals surface area contributed by atoms with Crippen molar-refractivity contribution in [2.45, 2.75) is 38.1 Å². The molecular weight excluding hydrogens is 537 g/mol. The molecule has 214 valence electrons. The van der Waals surface area contributed by atoms with E-state index in [1.807, 2.05) is 42.4 Å². The molecule has 3 aromatic rings. The molecule has 0 bridgehead atoms. The van der Waals surface area contributed by atoms with Crippen LogP contribution in [-0.4, -0.2) is 64.8 Å². The number of H-pyrrole nitrogens is 1. The van der Waals surface area contributed by atoms with Gasteiger partial charge in [-0.25, -0.2) is 10.1 Å². The van der Waals surface area contributed by atoms with Crippen molar-refractivity contribution in [1.29, 1.82) is 5.26 Å². The molecule has 0 saturated carbocycles. The Morgan fingerprint density at radius 2 is 1.93 bits per heavy atom. The molecule has 2 aliphatic heterocycles. The number of anilines is 2. The fourth-order valence-electron chi connectivity index (χ4n) is 5.57. The van der Waals surface area contributed by atoms with Gasteiger partial charge in [-0.3, -0.25) is 9.59 Å². The molecule has 2 aliphatic rings. The maximum atomic E-state index is 13.9. The SMILES string of the molecule is CC(NCCC(=O)N1CCN(c2ccc(C#N)cn2)CC1)[C@@H]1c2ccccc2CN1c1cn[nH]c(=O)c1C(F)(F)F. The Morgan fingerprint density at radius 1 is 1.17 bits per heavy atom. The molecule has 10 nitrogen and oxygen atoms in total. The Labute approximate surface area is 234 Å². The minimum absolute atomic E-state index is 0.0148. The number of fused-ring (bicyclic) bond motifs is 1. The average molecular weight is 567 g/mol. The summed E-state index contributed by atoms with van der Waals surface area (Å²) in [6, 6.07) is 12.1. The number of alkyl halides is 3. The number of nitrogens with one attached hydrogen (secondary N) is 2. The van der Waals surface area contributed by atoms with E-state index >= 15 is 0 Å². The maximum absolute atomic E-state index is 13.9. The van der Waals surface area contributed by atoms with E-state index in [2.05, 4.69) is 20.3 Å². The summed E-state index contributed by atoms with van der Waals surface area (Å²) < 4.78 is 41.7. The number of piperazine rings is 1. The van der Waals surface area contributed by atoms with E-state index in [0.29, 0.717) is 38.3 Å². The first-order valence-corrected chi connectivity index (χ1v) is 13.3. The van der Waals surface area contributed by atoms with Crippen LogP contribution in [-0.2, 0) is 17.5 Å². The van der Waals surface area contributed by atoms with E-state index in [1.54, 1.807) is 21.9 Å². The van der Waals surface area contributed by atoms with Gasteiger partial charge in [0.1, 0.15) is 17.5 Å². The number of amides is 1. The van der Waals surface area contributed by atoms with Crippen molar-refractivity contribution >= 4 is 17.4 Å². The Morgan fingerprint density at radius 3 is 2.61 bits per heavy atom. The first-order chi connectivity index (χ1) is 19.7. The van der Waals surface area contributed by atoms with Gasteiger partial charge in [0.05, 0.1) is 23.5 Å². The number of nitrogens with zero attached hydrogens (tertiary/aromatic N) is 6. The van der Waals surface area contributed by atoms with Crippen molar-refractivity contribution in [1.82, 2.24) is 25.4 Å². The number of carbonyl (C=O) groups excluding carboxylic acids is 1. The molecule has 1 aromatic carbocycles. The standard InChI is InChI=1S/C28H29F3N8O2/c1-18(33-9-8-24(40)38-12-10-37(11-13-38)23-7-6-19(14-32)15-34-23)26-21-5-3-2-4-20(21)17-39(26)22-16-35-36-27(41)25(22)28(29,30)31/h2-7,15-16,18,26,33H,8-13,17H2,1H3,(H,36,41)/t18?,26-/m1/s1. The van der Waals surface area contributed by atoms with Crippen LogP contribution < -0.4 is 20.7 Å². The van der Waals surface area contributed by atoms with Gasteiger partial charge >= 0.3 is 6.18 Å². The second-order valence-electron chi connectivity index (χ2n) is 10.1. The molecule has 0 radical (unpaired) electrons. The van der Waals surface area contributed by atoms with Crippen LogP contribution >= 0.6 is 0 Å². The molecule has 0 spiro atoms. The van der Waals surface area contributed by atoms with Crippen molar-refractivity contribution in [3.63, 3.8) is 0 Å². The van der Waals surface area contributed by atoms with Gasteiger partial charge < -0.3 is 20.0 Å². The summed E-state index contributed by atoms with van der Waals surface area (Å²) >= 11 is 0. The summed E-state index contributed by atoms with van der Waals surface area (Å²) in [5.41, 5.74) is -0.621. The summed E-state index contributed by atoms with van der Waals surface area (Å²) in [7, 11) is 0. The molecule has 1 unspecified atom stereocenters. The minimum atomic E-state index is -4.85. The number of benzene rings is 1. The molecule has 4 heterocycles. The second-order valence-corrected chi connectivity index (χ2v) is 10.1. The zero-order chi connectivity index (χ0) is 29.1. The molecule has 2 aromatic heterocycles. The van der Waals surface area contributed by atoms with Crippen LogP contribution in [0.1, 0.15) is 41.6 Å². The summed E-state index contributed by atoms with van der Waals surface area (Å²) in [6.45, 7) is 4.71. The van der Waals surface area contributed by atoms with Crippen LogP contribution in [0.4, 0.5) is 24.7 Å². The highest BCUT2D eigenvalue weighted by atomic mass is 19.4. The largest absolute Gasteiger partial charge is 0.423 e. The number of nitriles is 1. The Kier molecular flexibility index (Phi) is 7.94. The van der Waals surface area contributed by atoms with E-state index in [-0.39, 0.29) is 30.6 Å². The van der Waals surface area contributed by atoms with Crippen LogP contribution in [0.15, 0.2) is 53.6 Å². The predicted molar refractivity (Wildman–Crippen MR) is 145 cm³/mol. The first kappa shape index (κ1) is 28.1. The lowest BCUT2D eigenvalue weighted by molar-refractivity contribution is -0.138. The Bertz CT molecular complexity index is 1490. The molecular formula is C28H29F3N8O2. The fraction of sp³-hybridized carbons (Fsp3) is 0.393. The molecule has 2 atom stereocenters. The Hall–Kier alpha value is -4.44. The van der Waals surface area contributed by atoms with Gasteiger partial charge in [0.2, 0.25) is 5.91 Å². The van der Waals surface area contributed by atoms with Crippen LogP contribution in [0.2, 0.25) is 0 Å². The van der Waals surface area contributed by atoms with Gasteiger partial charge in [-0.2, -0.15) is 23.5 Å². The number of rotatable bonds is 7. The van der Waals surface area contributed by atoms with Crippen molar-refractivity contribution in [2.75, 3.05) is 42.5 Å². The second kappa shape index (κ2) is 11.6. The third kappa shape index (κ3) is 5.88. The van der Waals surface area contributed by atoms with E-state index in [0.717, 1.165) is 23.1 Å². The maximum Gasteiger partial charge on any atom is 0.423 e. The third-order valence-corrected chi connectivity index (χ3v) is 7.59. The van der Waals surface area contributed by atoms with Gasteiger partial charge in [0.15, 0.2) is 0 Å². The number of hydrogen-bond donors (Lipinski definition) is 2. The average Bonchev–Trinajstić information content (AvgIpc) is 3.36. The number of carbonyl (C=O) groups is 1. The topological polar surface area (TPSA) is 121 Å². The van der Waals surface area contributed by atoms with Gasteiger partial charge in [-0.1, -0.05) is 24.3 Å². The van der Waals surface area contributed by atoms with Crippen molar-refractivity contribution in [3.05, 3.63) is 81.4 Å². The fourth-order valence-corrected chi connectivity index (χ4v) is 5.57. The van der Waals surface area contributed by atoms with Crippen LogP contribution in [0.3, 0.4) is 0 Å². The van der Waals surface area contributed by atoms with Crippen LogP contribution in [0.5, 0.6) is 0 Å². The quantitative estimate of drug-likeness (QED) is 0.448. The zero-order valence-electron chi connectivity index (χ0n) is 22.4. The highest BCUT2D eigenvalue weighted by Crippen LogP contribution is 2.43. The molecule has 0 aliphatic carbocycles. The Balaban J connectivity index is 1.22. The van der Waals surface area contributed by atoms with E-state index in [4.69, 9.17) is 5.26 Å². The summed E-state index contributed by atoms with van der Waals surface area (Å²) in [5, 5.41) is 17.8. The minimum Gasteiger partial charge on any atom is -0.357 e. The zero-order valence-corrected chi connectivity index (χ0v) is 22.4. The van der Waals surface area contributed by atoms with Crippen molar-refractivity contribution < 1.29 is 18.0 Å². The number of aromatic nitrogens is 3. The lowest BCUT2D eigenvalue weighted by atomic mass is 9.99. The van der Waals surface area contributed by atoms with E-state index < -0.39 is 23.3 Å². The number of halogens is 3. The number of pyridine rings is 1. The normalized spacial score (nSPS) is 17.7.